The van der Waals surface area contributed by atoms with Gasteiger partial charge in [0.05, 0.1) is 5.56 Å². The molecule has 1 N–H and O–H groups in total. The molecule has 0 aliphatic rings. The summed E-state index contributed by atoms with van der Waals surface area (Å²) in [6, 6.07) is 11.8. The minimum Gasteiger partial charge on any atom is -0.352 e. The first-order valence-corrected chi connectivity index (χ1v) is 7.85. The minimum atomic E-state index is 0.0107. The summed E-state index contributed by atoms with van der Waals surface area (Å²) >= 11 is 3.32. The van der Waals surface area contributed by atoms with Gasteiger partial charge < -0.3 is 5.32 Å². The number of carbonyl (C=O) groups excluding carboxylic acids is 1. The average molecular weight is 277 g/mol. The van der Waals surface area contributed by atoms with E-state index in [-0.39, 0.29) is 5.91 Å². The van der Waals surface area contributed by atoms with Gasteiger partial charge in [0.1, 0.15) is 0 Å². The van der Waals surface area contributed by atoms with E-state index in [4.69, 9.17) is 0 Å². The highest BCUT2D eigenvalue weighted by molar-refractivity contribution is 7.98. The zero-order valence-corrected chi connectivity index (χ0v) is 11.8. The summed E-state index contributed by atoms with van der Waals surface area (Å²) in [6.07, 6.45) is 2.88. The highest BCUT2D eigenvalue weighted by Gasteiger charge is 2.09. The Morgan fingerprint density at radius 2 is 2.11 bits per heavy atom. The minimum absolute atomic E-state index is 0.0107. The number of benzene rings is 1. The van der Waals surface area contributed by atoms with E-state index in [9.17, 15) is 4.79 Å². The fourth-order valence-corrected chi connectivity index (χ4v) is 2.99. The quantitative estimate of drug-likeness (QED) is 0.848. The lowest BCUT2D eigenvalue weighted by molar-refractivity contribution is 0.0951. The SMILES string of the molecule is CSc1ccccc1C(=O)NCCc1cccs1. The Labute approximate surface area is 115 Å². The molecule has 0 spiro atoms. The summed E-state index contributed by atoms with van der Waals surface area (Å²) in [6.45, 7) is 0.683. The largest absolute Gasteiger partial charge is 0.352 e. The lowest BCUT2D eigenvalue weighted by Crippen LogP contribution is -2.25. The van der Waals surface area contributed by atoms with Crippen molar-refractivity contribution in [2.75, 3.05) is 12.8 Å². The molecular weight excluding hydrogens is 262 g/mol. The summed E-state index contributed by atoms with van der Waals surface area (Å²) in [5, 5.41) is 5.02. The zero-order valence-electron chi connectivity index (χ0n) is 10.2. The predicted octanol–water partition coefficient (Wildman–Crippen LogP) is 3.44. The summed E-state index contributed by atoms with van der Waals surface area (Å²) in [5.74, 6) is 0.0107. The van der Waals surface area contributed by atoms with E-state index in [1.54, 1.807) is 23.1 Å². The van der Waals surface area contributed by atoms with Crippen LogP contribution >= 0.6 is 23.1 Å². The summed E-state index contributed by atoms with van der Waals surface area (Å²) < 4.78 is 0. The molecule has 0 saturated heterocycles. The lowest BCUT2D eigenvalue weighted by Gasteiger charge is -2.07. The molecule has 4 heteroatoms. The second-order valence-corrected chi connectivity index (χ2v) is 5.67. The van der Waals surface area contributed by atoms with Crippen LogP contribution in [0.3, 0.4) is 0 Å². The van der Waals surface area contributed by atoms with Crippen LogP contribution in [-0.2, 0) is 6.42 Å². The van der Waals surface area contributed by atoms with Crippen LogP contribution in [0.5, 0.6) is 0 Å². The van der Waals surface area contributed by atoms with Crippen LogP contribution in [-0.4, -0.2) is 18.7 Å². The van der Waals surface area contributed by atoms with E-state index in [2.05, 4.69) is 16.8 Å². The van der Waals surface area contributed by atoms with Crippen molar-refractivity contribution in [3.05, 3.63) is 52.2 Å². The Bertz CT molecular complexity index is 508. The second-order valence-electron chi connectivity index (χ2n) is 3.79. The van der Waals surface area contributed by atoms with Gasteiger partial charge in [-0.05, 0) is 36.3 Å². The molecule has 1 amide bonds. The van der Waals surface area contributed by atoms with Gasteiger partial charge in [0.15, 0.2) is 0 Å². The van der Waals surface area contributed by atoms with Gasteiger partial charge in [-0.15, -0.1) is 23.1 Å². The summed E-state index contributed by atoms with van der Waals surface area (Å²) in [4.78, 5) is 14.4. The smallest absolute Gasteiger partial charge is 0.252 e. The maximum Gasteiger partial charge on any atom is 0.252 e. The first-order valence-electron chi connectivity index (χ1n) is 5.75. The Kier molecular flexibility index (Phi) is 4.84. The number of amides is 1. The average Bonchev–Trinajstić information content (AvgIpc) is 2.91. The number of carbonyl (C=O) groups is 1. The molecule has 0 aliphatic carbocycles. The van der Waals surface area contributed by atoms with Crippen LogP contribution in [0.15, 0.2) is 46.7 Å². The van der Waals surface area contributed by atoms with Gasteiger partial charge in [0, 0.05) is 16.3 Å². The van der Waals surface area contributed by atoms with Crippen molar-refractivity contribution in [3.63, 3.8) is 0 Å². The van der Waals surface area contributed by atoms with Gasteiger partial charge in [-0.3, -0.25) is 4.79 Å². The van der Waals surface area contributed by atoms with Crippen LogP contribution in [0, 0.1) is 0 Å². The van der Waals surface area contributed by atoms with Gasteiger partial charge in [0.25, 0.3) is 5.91 Å². The van der Waals surface area contributed by atoms with Gasteiger partial charge in [-0.25, -0.2) is 0 Å². The van der Waals surface area contributed by atoms with E-state index >= 15 is 0 Å². The standard InChI is InChI=1S/C14H15NOS2/c1-17-13-7-3-2-6-12(13)14(16)15-9-8-11-5-4-10-18-11/h2-7,10H,8-9H2,1H3,(H,15,16). The van der Waals surface area contributed by atoms with Crippen molar-refractivity contribution in [1.82, 2.24) is 5.32 Å². The number of thioether (sulfide) groups is 1. The van der Waals surface area contributed by atoms with E-state index in [0.717, 1.165) is 16.9 Å². The molecule has 0 bridgehead atoms. The van der Waals surface area contributed by atoms with Crippen molar-refractivity contribution in [3.8, 4) is 0 Å². The molecule has 0 fully saturated rings. The van der Waals surface area contributed by atoms with Crippen LogP contribution in [0.4, 0.5) is 0 Å². The number of hydrogen-bond acceptors (Lipinski definition) is 3. The molecule has 1 aromatic heterocycles. The predicted molar refractivity (Wildman–Crippen MR) is 78.6 cm³/mol. The van der Waals surface area contributed by atoms with Crippen LogP contribution in [0.25, 0.3) is 0 Å². The first kappa shape index (κ1) is 13.2. The van der Waals surface area contributed by atoms with Crippen LogP contribution in [0.2, 0.25) is 0 Å². The third kappa shape index (κ3) is 3.37. The molecule has 2 rings (SSSR count). The second kappa shape index (κ2) is 6.61. The van der Waals surface area contributed by atoms with E-state index < -0.39 is 0 Å². The van der Waals surface area contributed by atoms with Gasteiger partial charge in [-0.2, -0.15) is 0 Å². The highest BCUT2D eigenvalue weighted by Crippen LogP contribution is 2.19. The van der Waals surface area contributed by atoms with Crippen molar-refractivity contribution in [2.45, 2.75) is 11.3 Å². The van der Waals surface area contributed by atoms with Gasteiger partial charge in [0.2, 0.25) is 0 Å². The Balaban J connectivity index is 1.91. The molecule has 0 atom stereocenters. The number of rotatable bonds is 5. The molecular formula is C14H15NOS2. The van der Waals surface area contributed by atoms with Gasteiger partial charge >= 0.3 is 0 Å². The molecule has 94 valence electrons. The molecule has 0 saturated carbocycles. The molecule has 0 unspecified atom stereocenters. The van der Waals surface area contributed by atoms with E-state index in [0.29, 0.717) is 6.54 Å². The molecule has 2 nitrogen and oxygen atoms in total. The van der Waals surface area contributed by atoms with Crippen molar-refractivity contribution in [1.29, 1.82) is 0 Å². The zero-order chi connectivity index (χ0) is 12.8. The molecule has 1 aromatic carbocycles. The number of nitrogens with one attached hydrogen (secondary N) is 1. The molecule has 1 heterocycles. The van der Waals surface area contributed by atoms with Crippen molar-refractivity contribution >= 4 is 29.0 Å². The fourth-order valence-electron chi connectivity index (χ4n) is 1.68. The Morgan fingerprint density at radius 1 is 1.28 bits per heavy atom. The van der Waals surface area contributed by atoms with Crippen LogP contribution in [0.1, 0.15) is 15.2 Å². The van der Waals surface area contributed by atoms with E-state index in [1.807, 2.05) is 36.6 Å². The monoisotopic (exact) mass is 277 g/mol. The molecule has 18 heavy (non-hydrogen) atoms. The van der Waals surface area contributed by atoms with Crippen molar-refractivity contribution < 1.29 is 4.79 Å². The molecule has 2 aromatic rings. The number of hydrogen-bond donors (Lipinski definition) is 1. The molecule has 0 aliphatic heterocycles. The third-order valence-electron chi connectivity index (χ3n) is 2.59. The summed E-state index contributed by atoms with van der Waals surface area (Å²) in [7, 11) is 0. The fraction of sp³-hybridized carbons (Fsp3) is 0.214. The van der Waals surface area contributed by atoms with Crippen molar-refractivity contribution in [2.24, 2.45) is 0 Å². The molecule has 0 radical (unpaired) electrons. The Morgan fingerprint density at radius 3 is 2.83 bits per heavy atom. The van der Waals surface area contributed by atoms with Crippen LogP contribution < -0.4 is 5.32 Å². The maximum atomic E-state index is 12.0. The highest BCUT2D eigenvalue weighted by atomic mass is 32.2. The maximum absolute atomic E-state index is 12.0. The topological polar surface area (TPSA) is 29.1 Å². The first-order chi connectivity index (χ1) is 8.81. The Hall–Kier alpha value is -1.26. The van der Waals surface area contributed by atoms with Gasteiger partial charge in [-0.1, -0.05) is 18.2 Å². The number of thiophene rings is 1. The normalized spacial score (nSPS) is 10.3. The van der Waals surface area contributed by atoms with E-state index in [1.165, 1.54) is 4.88 Å². The summed E-state index contributed by atoms with van der Waals surface area (Å²) in [5.41, 5.74) is 0.760. The third-order valence-corrected chi connectivity index (χ3v) is 4.32. The lowest BCUT2D eigenvalue weighted by atomic mass is 10.2.